The number of nitrogens with zero attached hydrogens (tertiary/aromatic N) is 1. The molecule has 0 radical (unpaired) electrons. The van der Waals surface area contributed by atoms with E-state index in [0.29, 0.717) is 17.4 Å². The van der Waals surface area contributed by atoms with Crippen molar-refractivity contribution >= 4 is 21.7 Å². The Morgan fingerprint density at radius 1 is 1.53 bits per heavy atom. The second-order valence-corrected chi connectivity index (χ2v) is 4.66. The number of anilines is 1. The molecule has 96 valence electrons. The first kappa shape index (κ1) is 14.2. The first-order valence-corrected chi connectivity index (χ1v) is 5.82. The van der Waals surface area contributed by atoms with Crippen molar-refractivity contribution in [2.45, 2.75) is 25.6 Å². The fourth-order valence-corrected chi connectivity index (χ4v) is 1.55. The van der Waals surface area contributed by atoms with Crippen molar-refractivity contribution in [3.63, 3.8) is 0 Å². The lowest BCUT2D eigenvalue weighted by Gasteiger charge is -2.14. The van der Waals surface area contributed by atoms with Gasteiger partial charge < -0.3 is 11.1 Å². The number of nitrogens with two attached hydrogens (primary N) is 1. The Balaban J connectivity index is 2.84. The van der Waals surface area contributed by atoms with Crippen LogP contribution < -0.4 is 11.1 Å². The highest BCUT2D eigenvalue weighted by atomic mass is 79.9. The summed E-state index contributed by atoms with van der Waals surface area (Å²) in [5.74, 6) is -0.165. The Bertz CT molecular complexity index is 380. The van der Waals surface area contributed by atoms with E-state index in [1.807, 2.05) is 0 Å². The van der Waals surface area contributed by atoms with Gasteiger partial charge in [0, 0.05) is 23.3 Å². The molecule has 0 aromatic carbocycles. The first-order chi connectivity index (χ1) is 7.80. The average Bonchev–Trinajstić information content (AvgIpc) is 2.18. The number of nitrogens with one attached hydrogen (secondary N) is 1. The Labute approximate surface area is 106 Å². The average molecular weight is 312 g/mol. The Morgan fingerprint density at radius 3 is 2.71 bits per heavy atom. The largest absolute Gasteiger partial charge is 0.419 e. The second-order valence-electron chi connectivity index (χ2n) is 3.74. The molecule has 0 saturated carbocycles. The van der Waals surface area contributed by atoms with Gasteiger partial charge >= 0.3 is 6.18 Å². The van der Waals surface area contributed by atoms with Crippen LogP contribution in [0.5, 0.6) is 0 Å². The molecule has 0 aliphatic heterocycles. The van der Waals surface area contributed by atoms with E-state index in [9.17, 15) is 13.2 Å². The standard InChI is InChI=1S/C10H13BrF3N3/c1-6(15)2-3-16-9-8(10(12,13)14)4-7(11)5-17-9/h4-6H,2-3,15H2,1H3,(H,16,17). The van der Waals surface area contributed by atoms with Crippen molar-refractivity contribution in [1.29, 1.82) is 0 Å². The zero-order valence-electron chi connectivity index (χ0n) is 9.18. The van der Waals surface area contributed by atoms with Gasteiger partial charge in [0.15, 0.2) is 0 Å². The molecule has 0 spiro atoms. The molecule has 0 aliphatic carbocycles. The minimum atomic E-state index is -4.42. The van der Waals surface area contributed by atoms with Gasteiger partial charge in [0.1, 0.15) is 5.82 Å². The molecule has 17 heavy (non-hydrogen) atoms. The molecule has 1 heterocycles. The lowest BCUT2D eigenvalue weighted by Crippen LogP contribution is -2.20. The molecule has 1 aromatic heterocycles. The fraction of sp³-hybridized carbons (Fsp3) is 0.500. The van der Waals surface area contributed by atoms with Crippen molar-refractivity contribution in [3.8, 4) is 0 Å². The molecular weight excluding hydrogens is 299 g/mol. The maximum absolute atomic E-state index is 12.7. The van der Waals surface area contributed by atoms with Gasteiger partial charge in [-0.15, -0.1) is 0 Å². The van der Waals surface area contributed by atoms with E-state index >= 15 is 0 Å². The Morgan fingerprint density at radius 2 is 2.18 bits per heavy atom. The van der Waals surface area contributed by atoms with Crippen LogP contribution in [0.2, 0.25) is 0 Å². The van der Waals surface area contributed by atoms with E-state index in [-0.39, 0.29) is 11.9 Å². The van der Waals surface area contributed by atoms with Crippen molar-refractivity contribution < 1.29 is 13.2 Å². The maximum Gasteiger partial charge on any atom is 0.419 e. The van der Waals surface area contributed by atoms with Crippen LogP contribution in [0.4, 0.5) is 19.0 Å². The molecule has 1 unspecified atom stereocenters. The molecule has 1 rings (SSSR count). The number of pyridine rings is 1. The summed E-state index contributed by atoms with van der Waals surface area (Å²) in [6, 6.07) is 0.938. The number of halogens is 4. The smallest absolute Gasteiger partial charge is 0.370 e. The highest BCUT2D eigenvalue weighted by molar-refractivity contribution is 9.10. The summed E-state index contributed by atoms with van der Waals surface area (Å²) in [7, 11) is 0. The summed E-state index contributed by atoms with van der Waals surface area (Å²) in [5.41, 5.74) is 4.73. The highest BCUT2D eigenvalue weighted by Gasteiger charge is 2.34. The first-order valence-electron chi connectivity index (χ1n) is 5.03. The van der Waals surface area contributed by atoms with E-state index in [0.717, 1.165) is 6.07 Å². The number of alkyl halides is 3. The number of hydrogen-bond acceptors (Lipinski definition) is 3. The molecule has 3 nitrogen and oxygen atoms in total. The molecule has 0 bridgehead atoms. The molecule has 7 heteroatoms. The van der Waals surface area contributed by atoms with Gasteiger partial charge in [0.25, 0.3) is 0 Å². The third kappa shape index (κ3) is 4.51. The van der Waals surface area contributed by atoms with Crippen LogP contribution in [0.1, 0.15) is 18.9 Å². The zero-order valence-corrected chi connectivity index (χ0v) is 10.8. The summed E-state index contributed by atoms with van der Waals surface area (Å²) >= 11 is 2.97. The van der Waals surface area contributed by atoms with Gasteiger partial charge in [-0.25, -0.2) is 4.98 Å². The lowest BCUT2D eigenvalue weighted by atomic mass is 10.2. The molecule has 1 atom stereocenters. The van der Waals surface area contributed by atoms with Gasteiger partial charge in [-0.1, -0.05) is 0 Å². The third-order valence-corrected chi connectivity index (χ3v) is 2.49. The van der Waals surface area contributed by atoms with Crippen LogP contribution in [0.15, 0.2) is 16.7 Å². The Kier molecular flexibility index (Phi) is 4.76. The number of aromatic nitrogens is 1. The summed E-state index contributed by atoms with van der Waals surface area (Å²) < 4.78 is 38.4. The SMILES string of the molecule is CC(N)CCNc1ncc(Br)cc1C(F)(F)F. The van der Waals surface area contributed by atoms with E-state index in [4.69, 9.17) is 5.73 Å². The van der Waals surface area contributed by atoms with E-state index in [2.05, 4.69) is 26.2 Å². The predicted octanol–water partition coefficient (Wildman–Crippen LogP) is 3.01. The van der Waals surface area contributed by atoms with Gasteiger partial charge in [-0.2, -0.15) is 13.2 Å². The van der Waals surface area contributed by atoms with Gasteiger partial charge in [-0.05, 0) is 35.3 Å². The van der Waals surface area contributed by atoms with Crippen LogP contribution in [-0.2, 0) is 6.18 Å². The normalized spacial score (nSPS) is 13.5. The molecular formula is C10H13BrF3N3. The van der Waals surface area contributed by atoms with E-state index in [1.54, 1.807) is 6.92 Å². The number of hydrogen-bond donors (Lipinski definition) is 2. The minimum absolute atomic E-state index is 0.0627. The zero-order chi connectivity index (χ0) is 13.1. The van der Waals surface area contributed by atoms with E-state index < -0.39 is 11.7 Å². The highest BCUT2D eigenvalue weighted by Crippen LogP contribution is 2.35. The summed E-state index contributed by atoms with van der Waals surface area (Å²) in [6.45, 7) is 2.15. The van der Waals surface area contributed by atoms with Crippen molar-refractivity contribution in [2.75, 3.05) is 11.9 Å². The van der Waals surface area contributed by atoms with Gasteiger partial charge in [-0.3, -0.25) is 0 Å². The van der Waals surface area contributed by atoms with Crippen molar-refractivity contribution in [3.05, 3.63) is 22.3 Å². The fourth-order valence-electron chi connectivity index (χ4n) is 1.21. The topological polar surface area (TPSA) is 50.9 Å². The van der Waals surface area contributed by atoms with Crippen molar-refractivity contribution in [1.82, 2.24) is 4.98 Å². The molecule has 0 saturated heterocycles. The molecule has 0 amide bonds. The number of rotatable bonds is 4. The van der Waals surface area contributed by atoms with Crippen LogP contribution >= 0.6 is 15.9 Å². The minimum Gasteiger partial charge on any atom is -0.370 e. The molecule has 1 aromatic rings. The molecule has 3 N–H and O–H groups in total. The van der Waals surface area contributed by atoms with Crippen LogP contribution in [0.3, 0.4) is 0 Å². The van der Waals surface area contributed by atoms with Gasteiger partial charge in [0.05, 0.1) is 5.56 Å². The third-order valence-electron chi connectivity index (χ3n) is 2.05. The quantitative estimate of drug-likeness (QED) is 0.898. The lowest BCUT2D eigenvalue weighted by molar-refractivity contribution is -0.137. The summed E-state index contributed by atoms with van der Waals surface area (Å²) in [6.07, 6.45) is -2.52. The summed E-state index contributed by atoms with van der Waals surface area (Å²) in [4.78, 5) is 3.72. The predicted molar refractivity (Wildman–Crippen MR) is 63.7 cm³/mol. The Hall–Kier alpha value is -0.820. The summed E-state index contributed by atoms with van der Waals surface area (Å²) in [5, 5.41) is 2.65. The monoisotopic (exact) mass is 311 g/mol. The van der Waals surface area contributed by atoms with Crippen LogP contribution in [0.25, 0.3) is 0 Å². The van der Waals surface area contributed by atoms with E-state index in [1.165, 1.54) is 6.20 Å². The van der Waals surface area contributed by atoms with Gasteiger partial charge in [0.2, 0.25) is 0 Å². The molecule has 0 fully saturated rings. The van der Waals surface area contributed by atoms with Crippen molar-refractivity contribution in [2.24, 2.45) is 5.73 Å². The molecule has 0 aliphatic rings. The maximum atomic E-state index is 12.7. The second kappa shape index (κ2) is 5.68. The van der Waals surface area contributed by atoms with Crippen LogP contribution in [0, 0.1) is 0 Å². The van der Waals surface area contributed by atoms with Crippen LogP contribution in [-0.4, -0.2) is 17.6 Å².